The van der Waals surface area contributed by atoms with Crippen molar-refractivity contribution in [2.75, 3.05) is 0 Å². The van der Waals surface area contributed by atoms with Crippen molar-refractivity contribution >= 4 is 11.8 Å². The zero-order chi connectivity index (χ0) is 16.9. The van der Waals surface area contributed by atoms with Crippen molar-refractivity contribution in [1.82, 2.24) is 5.32 Å². The summed E-state index contributed by atoms with van der Waals surface area (Å²) in [6, 6.07) is 0. The molecule has 1 aliphatic rings. The van der Waals surface area contributed by atoms with Crippen molar-refractivity contribution in [3.8, 4) is 0 Å². The first-order valence-electron chi connectivity index (χ1n) is 9.69. The summed E-state index contributed by atoms with van der Waals surface area (Å²) in [5.74, 6) is -0.0936. The first kappa shape index (κ1) is 19.9. The minimum Gasteiger partial charge on any atom is -0.296 e. The van der Waals surface area contributed by atoms with Gasteiger partial charge in [0.1, 0.15) is 0 Å². The second-order valence-corrected chi connectivity index (χ2v) is 6.84. The number of imide groups is 1. The van der Waals surface area contributed by atoms with Gasteiger partial charge < -0.3 is 0 Å². The van der Waals surface area contributed by atoms with Gasteiger partial charge in [0, 0.05) is 6.42 Å². The fraction of sp³-hybridized carbons (Fsp3) is 0.800. The van der Waals surface area contributed by atoms with Gasteiger partial charge in [-0.2, -0.15) is 0 Å². The number of carbonyl (C=O) groups is 2. The monoisotopic (exact) mass is 321 g/mol. The predicted octanol–water partition coefficient (Wildman–Crippen LogP) is 5.15. The summed E-state index contributed by atoms with van der Waals surface area (Å²) in [4.78, 5) is 23.3. The number of amides is 2. The van der Waals surface area contributed by atoms with Crippen LogP contribution in [0.4, 0.5) is 0 Å². The molecule has 132 valence electrons. The zero-order valence-corrected chi connectivity index (χ0v) is 15.1. The Morgan fingerprint density at radius 3 is 2.13 bits per heavy atom. The highest BCUT2D eigenvalue weighted by Crippen LogP contribution is 2.27. The first-order chi connectivity index (χ1) is 11.2. The molecule has 2 amide bonds. The van der Waals surface area contributed by atoms with E-state index in [9.17, 15) is 9.59 Å². The summed E-state index contributed by atoms with van der Waals surface area (Å²) >= 11 is 0. The molecule has 1 rings (SSSR count). The average Bonchev–Trinajstić information content (AvgIpc) is 2.87. The molecule has 1 heterocycles. The summed E-state index contributed by atoms with van der Waals surface area (Å²) in [6.07, 6.45) is 18.5. The molecule has 2 atom stereocenters. The van der Waals surface area contributed by atoms with Crippen molar-refractivity contribution in [2.45, 2.75) is 90.9 Å². The molecule has 1 fully saturated rings. The van der Waals surface area contributed by atoms with Crippen LogP contribution in [0.5, 0.6) is 0 Å². The molecule has 2 unspecified atom stereocenters. The number of allylic oxidation sites excluding steroid dienone is 2. The number of hydrogen-bond acceptors (Lipinski definition) is 2. The molecule has 3 heteroatoms. The van der Waals surface area contributed by atoms with E-state index in [1.54, 1.807) is 0 Å². The zero-order valence-electron chi connectivity index (χ0n) is 15.1. The maximum Gasteiger partial charge on any atom is 0.230 e. The molecule has 1 N–H and O–H groups in total. The fourth-order valence-electron chi connectivity index (χ4n) is 3.35. The van der Waals surface area contributed by atoms with E-state index in [4.69, 9.17) is 0 Å². The predicted molar refractivity (Wildman–Crippen MR) is 96.0 cm³/mol. The lowest BCUT2D eigenvalue weighted by atomic mass is 9.86. The molecule has 23 heavy (non-hydrogen) atoms. The molecule has 0 radical (unpaired) electrons. The minimum absolute atomic E-state index is 0.0725. The lowest BCUT2D eigenvalue weighted by Crippen LogP contribution is -2.25. The molecule has 0 aromatic rings. The number of hydrogen-bond donors (Lipinski definition) is 1. The number of unbranched alkanes of at least 4 members (excludes halogenated alkanes) is 8. The number of nitrogens with one attached hydrogen (secondary N) is 1. The molecule has 0 spiro atoms. The third-order valence-corrected chi connectivity index (χ3v) is 4.78. The summed E-state index contributed by atoms with van der Waals surface area (Å²) < 4.78 is 0. The van der Waals surface area contributed by atoms with Crippen molar-refractivity contribution in [2.24, 2.45) is 11.8 Å². The maximum atomic E-state index is 11.9. The van der Waals surface area contributed by atoms with Gasteiger partial charge in [-0.1, -0.05) is 83.8 Å². The van der Waals surface area contributed by atoms with Crippen molar-refractivity contribution in [3.63, 3.8) is 0 Å². The Kier molecular flexibility index (Phi) is 10.7. The molecular formula is C20H35NO2. The maximum absolute atomic E-state index is 11.9. The van der Waals surface area contributed by atoms with Crippen molar-refractivity contribution in [3.05, 3.63) is 12.2 Å². The summed E-state index contributed by atoms with van der Waals surface area (Å²) in [6.45, 7) is 4.35. The largest absolute Gasteiger partial charge is 0.296 e. The van der Waals surface area contributed by atoms with Crippen LogP contribution in [0.25, 0.3) is 0 Å². The van der Waals surface area contributed by atoms with Gasteiger partial charge in [-0.05, 0) is 18.8 Å². The summed E-state index contributed by atoms with van der Waals surface area (Å²) in [5.41, 5.74) is 0. The molecule has 0 saturated carbocycles. The third kappa shape index (κ3) is 8.34. The van der Waals surface area contributed by atoms with E-state index < -0.39 is 0 Å². The van der Waals surface area contributed by atoms with Crippen LogP contribution in [0.1, 0.15) is 90.9 Å². The van der Waals surface area contributed by atoms with Gasteiger partial charge in [0.25, 0.3) is 0 Å². The van der Waals surface area contributed by atoms with E-state index in [-0.39, 0.29) is 23.7 Å². The van der Waals surface area contributed by atoms with E-state index in [1.165, 1.54) is 51.4 Å². The van der Waals surface area contributed by atoms with Gasteiger partial charge in [-0.3, -0.25) is 14.9 Å². The van der Waals surface area contributed by atoms with E-state index in [0.717, 1.165) is 19.3 Å². The third-order valence-electron chi connectivity index (χ3n) is 4.78. The quantitative estimate of drug-likeness (QED) is 0.289. The standard InChI is InChI=1S/C20H35NO2/c1-3-5-7-8-9-10-11-12-13-15-17(14-6-4-2)18-16-19(22)21-20(18)23/h6,14,17-18H,3-5,7-13,15-16H2,1-2H3,(H,21,22,23)/b14-6+. The number of carbonyl (C=O) groups excluding carboxylic acids is 2. The van der Waals surface area contributed by atoms with E-state index in [2.05, 4.69) is 31.3 Å². The average molecular weight is 322 g/mol. The normalized spacial score (nSPS) is 19.5. The van der Waals surface area contributed by atoms with Crippen LogP contribution in [0.2, 0.25) is 0 Å². The first-order valence-corrected chi connectivity index (χ1v) is 9.69. The Hall–Kier alpha value is -1.12. The Labute approximate surface area is 142 Å². The minimum atomic E-state index is -0.139. The highest BCUT2D eigenvalue weighted by Gasteiger charge is 2.35. The number of rotatable bonds is 13. The Bertz CT molecular complexity index is 376. The van der Waals surface area contributed by atoms with Crippen molar-refractivity contribution < 1.29 is 9.59 Å². The topological polar surface area (TPSA) is 46.2 Å². The van der Waals surface area contributed by atoms with Gasteiger partial charge in [0.15, 0.2) is 0 Å². The second-order valence-electron chi connectivity index (χ2n) is 6.84. The van der Waals surface area contributed by atoms with Crippen molar-refractivity contribution in [1.29, 1.82) is 0 Å². The Balaban J connectivity index is 2.21. The van der Waals surface area contributed by atoms with E-state index >= 15 is 0 Å². The van der Waals surface area contributed by atoms with Crippen LogP contribution in [-0.2, 0) is 9.59 Å². The van der Waals surface area contributed by atoms with Crippen LogP contribution in [0.15, 0.2) is 12.2 Å². The van der Waals surface area contributed by atoms with Gasteiger partial charge >= 0.3 is 0 Å². The molecule has 0 aliphatic carbocycles. The van der Waals surface area contributed by atoms with Crippen LogP contribution in [-0.4, -0.2) is 11.8 Å². The molecule has 0 aromatic heterocycles. The Morgan fingerprint density at radius 2 is 1.61 bits per heavy atom. The molecule has 1 aliphatic heterocycles. The van der Waals surface area contributed by atoms with Gasteiger partial charge in [-0.25, -0.2) is 0 Å². The van der Waals surface area contributed by atoms with E-state index in [0.29, 0.717) is 6.42 Å². The van der Waals surface area contributed by atoms with Crippen LogP contribution in [0, 0.1) is 11.8 Å². The van der Waals surface area contributed by atoms with Gasteiger partial charge in [0.05, 0.1) is 5.92 Å². The van der Waals surface area contributed by atoms with Crippen LogP contribution < -0.4 is 5.32 Å². The molecule has 3 nitrogen and oxygen atoms in total. The molecule has 0 bridgehead atoms. The van der Waals surface area contributed by atoms with Gasteiger partial charge in [0.2, 0.25) is 11.8 Å². The van der Waals surface area contributed by atoms with Crippen LogP contribution in [0.3, 0.4) is 0 Å². The van der Waals surface area contributed by atoms with Gasteiger partial charge in [-0.15, -0.1) is 0 Å². The fourth-order valence-corrected chi connectivity index (χ4v) is 3.35. The second kappa shape index (κ2) is 12.3. The lowest BCUT2D eigenvalue weighted by molar-refractivity contribution is -0.126. The van der Waals surface area contributed by atoms with E-state index in [1.807, 2.05) is 0 Å². The molecular weight excluding hydrogens is 286 g/mol. The smallest absolute Gasteiger partial charge is 0.230 e. The highest BCUT2D eigenvalue weighted by atomic mass is 16.2. The van der Waals surface area contributed by atoms with Crippen LogP contribution >= 0.6 is 0 Å². The lowest BCUT2D eigenvalue weighted by Gasteiger charge is -2.17. The molecule has 0 aromatic carbocycles. The SMILES string of the molecule is CC/C=C/C(CCCCCCCCCCC)C1CC(=O)NC1=O. The highest BCUT2D eigenvalue weighted by molar-refractivity contribution is 6.03. The molecule has 1 saturated heterocycles. The summed E-state index contributed by atoms with van der Waals surface area (Å²) in [7, 11) is 0. The summed E-state index contributed by atoms with van der Waals surface area (Å²) in [5, 5.41) is 2.45. The Morgan fingerprint density at radius 1 is 1.00 bits per heavy atom.